The smallest absolute Gasteiger partial charge is 0.0177 e. The van der Waals surface area contributed by atoms with Crippen LogP contribution < -0.4 is 5.73 Å². The van der Waals surface area contributed by atoms with Gasteiger partial charge in [0.1, 0.15) is 0 Å². The fourth-order valence-electron chi connectivity index (χ4n) is 0.848. The van der Waals surface area contributed by atoms with Gasteiger partial charge < -0.3 is 5.73 Å². The van der Waals surface area contributed by atoms with Gasteiger partial charge in [-0.05, 0) is 32.1 Å². The molecule has 0 saturated carbocycles. The Morgan fingerprint density at radius 1 is 1.13 bits per heavy atom. The molecule has 0 bridgehead atoms. The van der Waals surface area contributed by atoms with Crippen molar-refractivity contribution < 1.29 is 0 Å². The molecule has 0 aromatic rings. The van der Waals surface area contributed by atoms with E-state index in [0.29, 0.717) is 0 Å². The Morgan fingerprint density at radius 3 is 1.67 bits per heavy atom. The lowest BCUT2D eigenvalue weighted by Gasteiger charge is -2.38. The number of allylic oxidation sites excluding steroid dienone is 1. The van der Waals surface area contributed by atoms with Gasteiger partial charge in [-0.1, -0.05) is 47.6 Å². The highest BCUT2D eigenvalue weighted by Crippen LogP contribution is 2.32. The zero-order chi connectivity index (χ0) is 12.0. The van der Waals surface area contributed by atoms with E-state index in [2.05, 4.69) is 41.2 Å². The van der Waals surface area contributed by atoms with Crippen LogP contribution in [0.2, 0.25) is 0 Å². The molecular weight excluding hydrogens is 182 g/mol. The maximum Gasteiger partial charge on any atom is 0.0177 e. The van der Waals surface area contributed by atoms with Crippen LogP contribution in [0.5, 0.6) is 0 Å². The first-order valence-corrected chi connectivity index (χ1v) is 5.60. The minimum absolute atomic E-state index is 0. The highest BCUT2D eigenvalue weighted by Gasteiger charge is 2.32. The average molecular weight is 215 g/mol. The average Bonchev–Trinajstić information content (AvgIpc) is 2.03. The quantitative estimate of drug-likeness (QED) is 0.674. The Balaban J connectivity index is -0.000000449. The van der Waals surface area contributed by atoms with Gasteiger partial charge in [-0.15, -0.1) is 6.58 Å². The van der Waals surface area contributed by atoms with Gasteiger partial charge in [-0.25, -0.2) is 0 Å². The lowest BCUT2D eigenvalue weighted by molar-refractivity contribution is 0.195. The standard InChI is InChI=1S/C11H23N.C2H6.CH4/c1-9(2)7-8-11(6,12)10(3,4)5;1-2;/h1,7-8,12H2,2-6H3;1-2H3;1H4. The second kappa shape index (κ2) is 7.92. The van der Waals surface area contributed by atoms with E-state index >= 15 is 0 Å². The molecule has 0 aliphatic rings. The monoisotopic (exact) mass is 215 g/mol. The lowest BCUT2D eigenvalue weighted by atomic mass is 9.73. The number of rotatable bonds is 3. The first kappa shape index (κ1) is 20.2. The molecule has 0 aliphatic carbocycles. The maximum atomic E-state index is 6.20. The van der Waals surface area contributed by atoms with Crippen LogP contribution in [-0.2, 0) is 0 Å². The molecule has 0 spiro atoms. The highest BCUT2D eigenvalue weighted by atomic mass is 14.8. The first-order chi connectivity index (χ1) is 6.17. The summed E-state index contributed by atoms with van der Waals surface area (Å²) in [6, 6.07) is 0. The van der Waals surface area contributed by atoms with Gasteiger partial charge in [0.05, 0.1) is 0 Å². The Morgan fingerprint density at radius 2 is 1.47 bits per heavy atom. The van der Waals surface area contributed by atoms with Gasteiger partial charge in [-0.2, -0.15) is 0 Å². The number of nitrogens with two attached hydrogens (primary N) is 1. The molecule has 0 aromatic carbocycles. The van der Waals surface area contributed by atoms with Gasteiger partial charge in [0.25, 0.3) is 0 Å². The van der Waals surface area contributed by atoms with Crippen LogP contribution in [0.4, 0.5) is 0 Å². The predicted molar refractivity (Wildman–Crippen MR) is 74.2 cm³/mol. The van der Waals surface area contributed by atoms with Gasteiger partial charge in [0.15, 0.2) is 0 Å². The van der Waals surface area contributed by atoms with Crippen molar-refractivity contribution in [3.8, 4) is 0 Å². The zero-order valence-corrected chi connectivity index (χ0v) is 11.2. The van der Waals surface area contributed by atoms with E-state index in [1.165, 1.54) is 5.57 Å². The lowest BCUT2D eigenvalue weighted by Crippen LogP contribution is -2.48. The van der Waals surface area contributed by atoms with Crippen molar-refractivity contribution in [2.75, 3.05) is 0 Å². The van der Waals surface area contributed by atoms with E-state index in [1.807, 2.05) is 13.8 Å². The molecule has 0 heterocycles. The van der Waals surface area contributed by atoms with E-state index in [9.17, 15) is 0 Å². The summed E-state index contributed by atoms with van der Waals surface area (Å²) in [4.78, 5) is 0. The minimum atomic E-state index is -0.0913. The molecule has 0 aliphatic heterocycles. The topological polar surface area (TPSA) is 26.0 Å². The fraction of sp³-hybridized carbons (Fsp3) is 0.857. The van der Waals surface area contributed by atoms with Crippen molar-refractivity contribution >= 4 is 0 Å². The van der Waals surface area contributed by atoms with E-state index in [-0.39, 0.29) is 18.4 Å². The molecule has 0 amide bonds. The van der Waals surface area contributed by atoms with E-state index in [4.69, 9.17) is 5.73 Å². The molecule has 94 valence electrons. The first-order valence-electron chi connectivity index (χ1n) is 5.60. The molecule has 1 heteroatoms. The molecule has 2 N–H and O–H groups in total. The molecule has 0 rings (SSSR count). The van der Waals surface area contributed by atoms with E-state index in [0.717, 1.165) is 12.8 Å². The number of hydrogen-bond acceptors (Lipinski definition) is 1. The van der Waals surface area contributed by atoms with E-state index < -0.39 is 0 Å². The predicted octanol–water partition coefficient (Wildman–Crippen LogP) is 4.77. The molecule has 0 radical (unpaired) electrons. The summed E-state index contributed by atoms with van der Waals surface area (Å²) < 4.78 is 0. The highest BCUT2D eigenvalue weighted by molar-refractivity contribution is 4.97. The van der Waals surface area contributed by atoms with Crippen LogP contribution in [0.15, 0.2) is 12.2 Å². The Hall–Kier alpha value is -0.300. The third-order valence-corrected chi connectivity index (χ3v) is 2.78. The SMILES string of the molecule is C.C=C(C)CCC(C)(N)C(C)(C)C.CC. The number of hydrogen-bond donors (Lipinski definition) is 1. The molecular formula is C14H33N. The summed E-state index contributed by atoms with van der Waals surface area (Å²) in [5.74, 6) is 0. The molecule has 0 aromatic heterocycles. The summed E-state index contributed by atoms with van der Waals surface area (Å²) in [6.07, 6.45) is 2.05. The Bertz CT molecular complexity index is 161. The maximum absolute atomic E-state index is 6.20. The van der Waals surface area contributed by atoms with Crippen LogP contribution in [-0.4, -0.2) is 5.54 Å². The van der Waals surface area contributed by atoms with Gasteiger partial charge in [0, 0.05) is 5.54 Å². The Labute approximate surface area is 98.1 Å². The van der Waals surface area contributed by atoms with Crippen molar-refractivity contribution in [1.82, 2.24) is 0 Å². The molecule has 1 nitrogen and oxygen atoms in total. The zero-order valence-electron chi connectivity index (χ0n) is 11.2. The fourth-order valence-corrected chi connectivity index (χ4v) is 0.848. The summed E-state index contributed by atoms with van der Waals surface area (Å²) in [6.45, 7) is 18.6. The van der Waals surface area contributed by atoms with Crippen molar-refractivity contribution in [2.24, 2.45) is 11.1 Å². The van der Waals surface area contributed by atoms with Crippen molar-refractivity contribution in [3.05, 3.63) is 12.2 Å². The van der Waals surface area contributed by atoms with Crippen LogP contribution in [0.1, 0.15) is 68.7 Å². The third kappa shape index (κ3) is 8.68. The molecule has 1 atom stereocenters. The van der Waals surface area contributed by atoms with Gasteiger partial charge in [0.2, 0.25) is 0 Å². The summed E-state index contributed by atoms with van der Waals surface area (Å²) >= 11 is 0. The van der Waals surface area contributed by atoms with Crippen LogP contribution in [0.25, 0.3) is 0 Å². The van der Waals surface area contributed by atoms with Gasteiger partial charge >= 0.3 is 0 Å². The summed E-state index contributed by atoms with van der Waals surface area (Å²) in [5.41, 5.74) is 7.50. The Kier molecular flexibility index (Phi) is 10.6. The van der Waals surface area contributed by atoms with E-state index in [1.54, 1.807) is 0 Å². The van der Waals surface area contributed by atoms with Gasteiger partial charge in [-0.3, -0.25) is 0 Å². The van der Waals surface area contributed by atoms with Crippen molar-refractivity contribution in [2.45, 2.75) is 74.3 Å². The summed E-state index contributed by atoms with van der Waals surface area (Å²) in [7, 11) is 0. The second-order valence-corrected chi connectivity index (χ2v) is 5.12. The summed E-state index contributed by atoms with van der Waals surface area (Å²) in [5, 5.41) is 0. The van der Waals surface area contributed by atoms with Crippen molar-refractivity contribution in [1.29, 1.82) is 0 Å². The molecule has 1 unspecified atom stereocenters. The minimum Gasteiger partial charge on any atom is -0.325 e. The second-order valence-electron chi connectivity index (χ2n) is 5.12. The molecule has 0 saturated heterocycles. The van der Waals surface area contributed by atoms with Crippen molar-refractivity contribution in [3.63, 3.8) is 0 Å². The van der Waals surface area contributed by atoms with Crippen LogP contribution in [0.3, 0.4) is 0 Å². The van der Waals surface area contributed by atoms with Crippen LogP contribution in [0, 0.1) is 5.41 Å². The third-order valence-electron chi connectivity index (χ3n) is 2.78. The molecule has 15 heavy (non-hydrogen) atoms. The normalized spacial score (nSPS) is 14.1. The van der Waals surface area contributed by atoms with Crippen LogP contribution >= 0.6 is 0 Å². The molecule has 0 fully saturated rings. The largest absolute Gasteiger partial charge is 0.325 e.